The number of carbonyl (C=O) groups is 4. The predicted molar refractivity (Wildman–Crippen MR) is 214 cm³/mol. The van der Waals surface area contributed by atoms with E-state index in [0.717, 1.165) is 62.4 Å². The quantitative estimate of drug-likeness (QED) is 0.129. The van der Waals surface area contributed by atoms with Crippen molar-refractivity contribution < 1.29 is 41.8 Å². The van der Waals surface area contributed by atoms with Crippen molar-refractivity contribution in [2.24, 2.45) is 5.92 Å². The number of urea groups is 1. The summed E-state index contributed by atoms with van der Waals surface area (Å²) in [4.78, 5) is 61.1. The molecule has 3 N–H and O–H groups in total. The lowest BCUT2D eigenvalue weighted by Gasteiger charge is -2.42. The molecule has 3 fully saturated rings. The number of nitrogens with two attached hydrogens (primary N) is 1. The number of halogens is 4. The molecule has 0 aromatic heterocycles. The van der Waals surface area contributed by atoms with E-state index in [1.165, 1.54) is 11.0 Å². The van der Waals surface area contributed by atoms with Crippen molar-refractivity contribution in [2.75, 3.05) is 63.5 Å². The van der Waals surface area contributed by atoms with E-state index in [0.29, 0.717) is 64.9 Å². The summed E-state index contributed by atoms with van der Waals surface area (Å²) in [6.07, 6.45) is 1.37. The van der Waals surface area contributed by atoms with Gasteiger partial charge in [-0.25, -0.2) is 9.59 Å². The number of rotatable bonds is 12. The van der Waals surface area contributed by atoms with E-state index in [1.807, 2.05) is 24.3 Å². The first-order valence-electron chi connectivity index (χ1n) is 20.8. The van der Waals surface area contributed by atoms with Crippen LogP contribution in [0.4, 0.5) is 34.1 Å². The fourth-order valence-electron chi connectivity index (χ4n) is 8.72. The van der Waals surface area contributed by atoms with Gasteiger partial charge < -0.3 is 35.2 Å². The molecule has 0 aliphatic carbocycles. The van der Waals surface area contributed by atoms with Crippen molar-refractivity contribution >= 4 is 47.0 Å². The number of alkyl halides is 3. The molecule has 2 aromatic rings. The van der Waals surface area contributed by atoms with E-state index in [2.05, 4.69) is 17.1 Å². The summed E-state index contributed by atoms with van der Waals surface area (Å²) in [5.41, 5.74) is 5.82. The molecule has 58 heavy (non-hydrogen) atoms. The van der Waals surface area contributed by atoms with Crippen molar-refractivity contribution in [3.8, 4) is 0 Å². The Balaban J connectivity index is 1.08. The molecule has 2 atom stereocenters. The lowest BCUT2D eigenvalue weighted by Crippen LogP contribution is -2.53. The predicted octanol–water partition coefficient (Wildman–Crippen LogP) is 7.37. The molecule has 6 rings (SSSR count). The first-order valence-corrected chi connectivity index (χ1v) is 21.2. The number of esters is 1. The summed E-state index contributed by atoms with van der Waals surface area (Å²) in [7, 11) is 0. The van der Waals surface area contributed by atoms with Gasteiger partial charge >= 0.3 is 24.3 Å². The lowest BCUT2D eigenvalue weighted by atomic mass is 9.93. The summed E-state index contributed by atoms with van der Waals surface area (Å²) in [6, 6.07) is 9.60. The van der Waals surface area contributed by atoms with E-state index < -0.39 is 35.5 Å². The summed E-state index contributed by atoms with van der Waals surface area (Å²) in [5.74, 6) is -0.856. The van der Waals surface area contributed by atoms with Gasteiger partial charge in [0.2, 0.25) is 0 Å². The second kappa shape index (κ2) is 19.7. The smallest absolute Gasteiger partial charge is 0.418 e. The number of nitrogen functional groups attached to an aromatic ring is 1. The average Bonchev–Trinajstić information content (AvgIpc) is 3.39. The third-order valence-corrected chi connectivity index (χ3v) is 12.4. The van der Waals surface area contributed by atoms with E-state index in [4.69, 9.17) is 26.8 Å². The zero-order valence-electron chi connectivity index (χ0n) is 33.2. The van der Waals surface area contributed by atoms with Gasteiger partial charge in [0.05, 0.1) is 28.8 Å². The minimum absolute atomic E-state index is 0.0519. The van der Waals surface area contributed by atoms with Crippen LogP contribution in [0.1, 0.15) is 87.8 Å². The van der Waals surface area contributed by atoms with Gasteiger partial charge in [-0.2, -0.15) is 13.2 Å². The van der Waals surface area contributed by atoms with Crippen LogP contribution in [0.2, 0.25) is 5.02 Å². The SMILES string of the molecule is CCCCCCOC(=O)[C@@H]1CCCN(C2CCN(C(=O)[C@@H](Cc3cc(Cl)c(N)c(C(F)(F)F)c3)OC(=O)N3CCC(N4CCc5ccccc5NC4=O)CC3)CC2)C1. The molecular weight excluding hydrogens is 777 g/mol. The normalized spacial score (nSPS) is 20.5. The Morgan fingerprint density at radius 1 is 0.931 bits per heavy atom. The summed E-state index contributed by atoms with van der Waals surface area (Å²) in [6.45, 7) is 5.77. The molecule has 4 aliphatic heterocycles. The Hall–Kier alpha value is -4.24. The van der Waals surface area contributed by atoms with Crippen LogP contribution in [0, 0.1) is 5.92 Å². The van der Waals surface area contributed by atoms with Crippen LogP contribution in [-0.2, 0) is 38.1 Å². The van der Waals surface area contributed by atoms with Crippen molar-refractivity contribution in [3.05, 3.63) is 58.1 Å². The Bertz CT molecular complexity index is 1770. The molecule has 0 saturated carbocycles. The number of ether oxygens (including phenoxy) is 2. The van der Waals surface area contributed by atoms with Crippen LogP contribution < -0.4 is 11.1 Å². The first-order chi connectivity index (χ1) is 27.8. The number of unbranched alkanes of at least 4 members (excludes halogenated alkanes) is 3. The Morgan fingerprint density at radius 2 is 1.64 bits per heavy atom. The topological polar surface area (TPSA) is 138 Å². The second-order valence-corrected chi connectivity index (χ2v) is 16.4. The molecule has 2 aromatic carbocycles. The maximum atomic E-state index is 14.2. The number of piperidine rings is 3. The van der Waals surface area contributed by atoms with Gasteiger partial charge in [-0.1, -0.05) is 56.0 Å². The fraction of sp³-hybridized carbons (Fsp3) is 0.619. The number of fused-ring (bicyclic) bond motifs is 1. The Morgan fingerprint density at radius 3 is 2.36 bits per heavy atom. The van der Waals surface area contributed by atoms with Crippen LogP contribution in [0.15, 0.2) is 36.4 Å². The monoisotopic (exact) mass is 832 g/mol. The highest BCUT2D eigenvalue weighted by atomic mass is 35.5. The molecular formula is C42H56ClF3N6O6. The van der Waals surface area contributed by atoms with Crippen LogP contribution in [-0.4, -0.2) is 114 Å². The van der Waals surface area contributed by atoms with Gasteiger partial charge in [-0.3, -0.25) is 14.5 Å². The number of benzene rings is 2. The molecule has 318 valence electrons. The van der Waals surface area contributed by atoms with Gasteiger partial charge in [0.15, 0.2) is 6.10 Å². The highest BCUT2D eigenvalue weighted by Gasteiger charge is 2.39. The van der Waals surface area contributed by atoms with Crippen LogP contribution in [0.3, 0.4) is 0 Å². The van der Waals surface area contributed by atoms with Crippen molar-refractivity contribution in [1.82, 2.24) is 19.6 Å². The highest BCUT2D eigenvalue weighted by molar-refractivity contribution is 6.33. The van der Waals surface area contributed by atoms with E-state index in [9.17, 15) is 32.3 Å². The van der Waals surface area contributed by atoms with Crippen molar-refractivity contribution in [1.29, 1.82) is 0 Å². The third kappa shape index (κ3) is 10.9. The number of anilines is 2. The maximum absolute atomic E-state index is 14.2. The van der Waals surface area contributed by atoms with Crippen LogP contribution >= 0.6 is 11.6 Å². The molecule has 4 aliphatic rings. The zero-order chi connectivity index (χ0) is 41.4. The van der Waals surface area contributed by atoms with Gasteiger partial charge in [0, 0.05) is 63.5 Å². The standard InChI is InChI=1S/C42H56ClF3N6O6/c1-2-3-4-7-23-57-39(54)30-10-8-17-51(27-30)31-13-18-49(19-14-31)38(53)36(26-28-24-33(42(44,45)46)37(47)34(43)25-28)58-41(56)50-20-15-32(16-21-50)52-22-12-29-9-5-6-11-35(29)48-40(52)55/h5-6,9,11,24-25,30-32,36H,2-4,7-8,10,12-23,26-27,47H2,1H3,(H,48,55)/t30-,36-/m1/s1. The van der Waals surface area contributed by atoms with Crippen molar-refractivity contribution in [3.63, 3.8) is 0 Å². The largest absolute Gasteiger partial charge is 0.465 e. The third-order valence-electron chi connectivity index (χ3n) is 12.1. The molecule has 0 unspecified atom stereocenters. The summed E-state index contributed by atoms with van der Waals surface area (Å²) in [5, 5.41) is 2.67. The number of para-hydroxylation sites is 1. The van der Waals surface area contributed by atoms with E-state index in [-0.39, 0.29) is 60.1 Å². The first kappa shape index (κ1) is 43.3. The minimum Gasteiger partial charge on any atom is -0.465 e. The molecule has 16 heteroatoms. The number of hydrogen-bond donors (Lipinski definition) is 2. The number of likely N-dealkylation sites (tertiary alicyclic amines) is 3. The number of amides is 4. The zero-order valence-corrected chi connectivity index (χ0v) is 34.0. The molecule has 4 amide bonds. The molecule has 0 bridgehead atoms. The molecule has 0 radical (unpaired) electrons. The van der Waals surface area contributed by atoms with Gasteiger partial charge in [-0.15, -0.1) is 0 Å². The lowest BCUT2D eigenvalue weighted by molar-refractivity contribution is -0.151. The molecule has 4 heterocycles. The number of hydrogen-bond acceptors (Lipinski definition) is 8. The fourth-order valence-corrected chi connectivity index (χ4v) is 8.96. The Kier molecular flexibility index (Phi) is 14.7. The van der Waals surface area contributed by atoms with Gasteiger partial charge in [0.1, 0.15) is 0 Å². The number of nitrogens with zero attached hydrogens (tertiary/aromatic N) is 4. The maximum Gasteiger partial charge on any atom is 0.418 e. The second-order valence-electron chi connectivity index (χ2n) is 16.0. The highest BCUT2D eigenvalue weighted by Crippen LogP contribution is 2.38. The summed E-state index contributed by atoms with van der Waals surface area (Å²) >= 11 is 6.15. The number of carbonyl (C=O) groups excluding carboxylic acids is 4. The van der Waals surface area contributed by atoms with E-state index in [1.54, 1.807) is 9.80 Å². The minimum atomic E-state index is -4.79. The molecule has 12 nitrogen and oxygen atoms in total. The van der Waals surface area contributed by atoms with Crippen LogP contribution in [0.5, 0.6) is 0 Å². The molecule has 3 saturated heterocycles. The van der Waals surface area contributed by atoms with Crippen LogP contribution in [0.25, 0.3) is 0 Å². The molecule has 0 spiro atoms. The summed E-state index contributed by atoms with van der Waals surface area (Å²) < 4.78 is 53.2. The number of nitrogens with one attached hydrogen (secondary N) is 1. The van der Waals surface area contributed by atoms with Gasteiger partial charge in [0.25, 0.3) is 5.91 Å². The van der Waals surface area contributed by atoms with Crippen molar-refractivity contribution in [2.45, 2.75) is 108 Å². The van der Waals surface area contributed by atoms with E-state index >= 15 is 0 Å². The van der Waals surface area contributed by atoms with Gasteiger partial charge in [-0.05, 0) is 87.2 Å². The average molecular weight is 833 g/mol. The Labute approximate surface area is 343 Å².